The molecule has 3 nitrogen and oxygen atoms in total. The Morgan fingerprint density at radius 3 is 2.82 bits per heavy atom. The van der Waals surface area contributed by atoms with Crippen LogP contribution < -0.4 is 10.6 Å². The van der Waals surface area contributed by atoms with E-state index >= 15 is 0 Å². The molecule has 92 valence electrons. The second-order valence-electron chi connectivity index (χ2n) is 4.69. The largest absolute Gasteiger partial charge is 0.326 e. The van der Waals surface area contributed by atoms with Crippen LogP contribution in [-0.4, -0.2) is 19.0 Å². The van der Waals surface area contributed by atoms with Crippen molar-refractivity contribution in [2.24, 2.45) is 11.8 Å². The Morgan fingerprint density at radius 1 is 1.47 bits per heavy atom. The number of amides is 1. The van der Waals surface area contributed by atoms with E-state index in [2.05, 4.69) is 17.6 Å². The van der Waals surface area contributed by atoms with Gasteiger partial charge in [0.2, 0.25) is 5.91 Å². The van der Waals surface area contributed by atoms with Gasteiger partial charge >= 0.3 is 0 Å². The predicted molar refractivity (Wildman–Crippen MR) is 70.3 cm³/mol. The highest BCUT2D eigenvalue weighted by molar-refractivity contribution is 6.30. The summed E-state index contributed by atoms with van der Waals surface area (Å²) in [6.07, 6.45) is 0. The van der Waals surface area contributed by atoms with Crippen LogP contribution in [0.5, 0.6) is 0 Å². The average molecular weight is 253 g/mol. The molecule has 17 heavy (non-hydrogen) atoms. The van der Waals surface area contributed by atoms with Gasteiger partial charge in [0.05, 0.1) is 5.92 Å². The van der Waals surface area contributed by atoms with Crippen molar-refractivity contribution in [3.05, 3.63) is 28.8 Å². The van der Waals surface area contributed by atoms with Crippen molar-refractivity contribution < 1.29 is 4.79 Å². The predicted octanol–water partition coefficient (Wildman–Crippen LogP) is 2.44. The Bertz CT molecular complexity index is 433. The van der Waals surface area contributed by atoms with Gasteiger partial charge in [-0.25, -0.2) is 0 Å². The monoisotopic (exact) mass is 252 g/mol. The highest BCUT2D eigenvalue weighted by Gasteiger charge is 2.29. The Morgan fingerprint density at radius 2 is 2.24 bits per heavy atom. The molecule has 0 spiro atoms. The van der Waals surface area contributed by atoms with Gasteiger partial charge in [0, 0.05) is 17.3 Å². The van der Waals surface area contributed by atoms with Crippen LogP contribution in [0, 0.1) is 18.8 Å². The molecule has 1 heterocycles. The second-order valence-corrected chi connectivity index (χ2v) is 5.13. The van der Waals surface area contributed by atoms with E-state index in [1.54, 1.807) is 6.07 Å². The van der Waals surface area contributed by atoms with Crippen LogP contribution >= 0.6 is 11.6 Å². The summed E-state index contributed by atoms with van der Waals surface area (Å²) < 4.78 is 0. The molecular weight excluding hydrogens is 236 g/mol. The van der Waals surface area contributed by atoms with Gasteiger partial charge in [-0.2, -0.15) is 0 Å². The molecular formula is C13H17ClN2O. The highest BCUT2D eigenvalue weighted by Crippen LogP contribution is 2.22. The number of carbonyl (C=O) groups is 1. The molecule has 2 rings (SSSR count). The first-order valence-electron chi connectivity index (χ1n) is 5.85. The van der Waals surface area contributed by atoms with E-state index in [4.69, 9.17) is 11.6 Å². The standard InChI is InChI=1S/C13H17ClN2O/c1-8-5-10(14)3-4-12(8)16-13(17)11-7-15-6-9(11)2/h3-5,9,11,15H,6-7H2,1-2H3,(H,16,17)/t9-,11-/m1/s1. The SMILES string of the molecule is Cc1cc(Cl)ccc1NC(=O)[C@@H]1CNC[C@H]1C. The zero-order valence-corrected chi connectivity index (χ0v) is 10.8. The lowest BCUT2D eigenvalue weighted by atomic mass is 9.97. The van der Waals surface area contributed by atoms with E-state index in [1.165, 1.54) is 0 Å². The summed E-state index contributed by atoms with van der Waals surface area (Å²) in [7, 11) is 0. The van der Waals surface area contributed by atoms with Crippen molar-refractivity contribution in [1.29, 1.82) is 0 Å². The average Bonchev–Trinajstić information content (AvgIpc) is 2.68. The summed E-state index contributed by atoms with van der Waals surface area (Å²) in [5.74, 6) is 0.542. The number of hydrogen-bond donors (Lipinski definition) is 2. The first-order valence-corrected chi connectivity index (χ1v) is 6.23. The van der Waals surface area contributed by atoms with Crippen LogP contribution in [0.1, 0.15) is 12.5 Å². The summed E-state index contributed by atoms with van der Waals surface area (Å²) >= 11 is 5.88. The van der Waals surface area contributed by atoms with Crippen LogP contribution in [0.2, 0.25) is 5.02 Å². The quantitative estimate of drug-likeness (QED) is 0.849. The summed E-state index contributed by atoms with van der Waals surface area (Å²) in [5, 5.41) is 6.89. The van der Waals surface area contributed by atoms with Crippen LogP contribution in [0.15, 0.2) is 18.2 Å². The van der Waals surface area contributed by atoms with Crippen molar-refractivity contribution >= 4 is 23.2 Å². The first kappa shape index (κ1) is 12.4. The number of halogens is 1. The molecule has 2 N–H and O–H groups in total. The van der Waals surface area contributed by atoms with E-state index in [-0.39, 0.29) is 11.8 Å². The number of rotatable bonds is 2. The normalized spacial score (nSPS) is 23.7. The first-order chi connectivity index (χ1) is 8.08. The van der Waals surface area contributed by atoms with Gasteiger partial charge in [0.1, 0.15) is 0 Å². The van der Waals surface area contributed by atoms with Crippen molar-refractivity contribution in [3.8, 4) is 0 Å². The minimum Gasteiger partial charge on any atom is -0.326 e. The summed E-state index contributed by atoms with van der Waals surface area (Å²) in [5.41, 5.74) is 1.84. The Kier molecular flexibility index (Phi) is 3.69. The minimum absolute atomic E-state index is 0.0603. The Hall–Kier alpha value is -1.06. The van der Waals surface area contributed by atoms with E-state index in [1.807, 2.05) is 19.1 Å². The van der Waals surface area contributed by atoms with Gasteiger partial charge in [-0.3, -0.25) is 4.79 Å². The van der Waals surface area contributed by atoms with Gasteiger partial charge in [-0.05, 0) is 43.1 Å². The molecule has 0 aliphatic carbocycles. The maximum atomic E-state index is 12.1. The smallest absolute Gasteiger partial charge is 0.229 e. The van der Waals surface area contributed by atoms with Crippen LogP contribution in [0.25, 0.3) is 0 Å². The molecule has 0 saturated carbocycles. The summed E-state index contributed by atoms with van der Waals surface area (Å²) in [6, 6.07) is 5.50. The molecule has 4 heteroatoms. The van der Waals surface area contributed by atoms with E-state index in [9.17, 15) is 4.79 Å². The molecule has 1 aromatic carbocycles. The molecule has 0 bridgehead atoms. The topological polar surface area (TPSA) is 41.1 Å². The number of benzene rings is 1. The van der Waals surface area contributed by atoms with Crippen LogP contribution in [-0.2, 0) is 4.79 Å². The van der Waals surface area contributed by atoms with Crippen LogP contribution in [0.3, 0.4) is 0 Å². The van der Waals surface area contributed by atoms with Gasteiger partial charge in [-0.1, -0.05) is 18.5 Å². The molecule has 1 fully saturated rings. The number of carbonyl (C=O) groups excluding carboxylic acids is 1. The van der Waals surface area contributed by atoms with Gasteiger partial charge in [0.15, 0.2) is 0 Å². The minimum atomic E-state index is 0.0603. The van der Waals surface area contributed by atoms with Gasteiger partial charge in [-0.15, -0.1) is 0 Å². The maximum absolute atomic E-state index is 12.1. The third-order valence-corrected chi connectivity index (χ3v) is 3.54. The van der Waals surface area contributed by atoms with Crippen molar-refractivity contribution in [1.82, 2.24) is 5.32 Å². The number of aryl methyl sites for hydroxylation is 1. The zero-order chi connectivity index (χ0) is 12.4. The van der Waals surface area contributed by atoms with Crippen molar-refractivity contribution in [3.63, 3.8) is 0 Å². The fourth-order valence-electron chi connectivity index (χ4n) is 2.15. The molecule has 0 radical (unpaired) electrons. The lowest BCUT2D eigenvalue weighted by Crippen LogP contribution is -2.28. The van der Waals surface area contributed by atoms with E-state index in [0.29, 0.717) is 10.9 Å². The summed E-state index contributed by atoms with van der Waals surface area (Å²) in [4.78, 5) is 12.1. The van der Waals surface area contributed by atoms with Crippen molar-refractivity contribution in [2.45, 2.75) is 13.8 Å². The number of nitrogens with one attached hydrogen (secondary N) is 2. The molecule has 1 amide bonds. The molecule has 1 aromatic rings. The third kappa shape index (κ3) is 2.79. The van der Waals surface area contributed by atoms with E-state index < -0.39 is 0 Å². The fourth-order valence-corrected chi connectivity index (χ4v) is 2.38. The lowest BCUT2D eigenvalue weighted by Gasteiger charge is -2.15. The Balaban J connectivity index is 2.07. The van der Waals surface area contributed by atoms with Crippen molar-refractivity contribution in [2.75, 3.05) is 18.4 Å². The Labute approximate surface area is 107 Å². The van der Waals surface area contributed by atoms with Crippen LogP contribution in [0.4, 0.5) is 5.69 Å². The van der Waals surface area contributed by atoms with Gasteiger partial charge in [0.25, 0.3) is 0 Å². The third-order valence-electron chi connectivity index (χ3n) is 3.30. The molecule has 0 aromatic heterocycles. The molecule has 1 aliphatic rings. The fraction of sp³-hybridized carbons (Fsp3) is 0.462. The molecule has 1 aliphatic heterocycles. The van der Waals surface area contributed by atoms with E-state index in [0.717, 1.165) is 24.3 Å². The number of anilines is 1. The molecule has 0 unspecified atom stereocenters. The maximum Gasteiger partial charge on any atom is 0.229 e. The summed E-state index contributed by atoms with van der Waals surface area (Å²) in [6.45, 7) is 5.72. The molecule has 2 atom stereocenters. The van der Waals surface area contributed by atoms with Gasteiger partial charge < -0.3 is 10.6 Å². The highest BCUT2D eigenvalue weighted by atomic mass is 35.5. The number of hydrogen-bond acceptors (Lipinski definition) is 2. The second kappa shape index (κ2) is 5.07. The molecule has 1 saturated heterocycles. The zero-order valence-electron chi connectivity index (χ0n) is 10.1. The lowest BCUT2D eigenvalue weighted by molar-refractivity contribution is -0.120.